The minimum Gasteiger partial charge on any atom is -0.436 e. The van der Waals surface area contributed by atoms with Crippen molar-refractivity contribution in [3.05, 3.63) is 170 Å². The molecule has 0 bridgehead atoms. The van der Waals surface area contributed by atoms with Crippen LogP contribution in [0.15, 0.2) is 174 Å². The predicted octanol–water partition coefficient (Wildman–Crippen LogP) is 11.5. The van der Waals surface area contributed by atoms with Gasteiger partial charge in [0.05, 0.1) is 22.4 Å². The van der Waals surface area contributed by atoms with E-state index in [-0.39, 0.29) is 0 Å². The average molecular weight is 641 g/mol. The van der Waals surface area contributed by atoms with Crippen LogP contribution in [0.4, 0.5) is 0 Å². The van der Waals surface area contributed by atoms with Crippen LogP contribution in [0.2, 0.25) is 0 Å². The van der Waals surface area contributed by atoms with Crippen LogP contribution < -0.4 is 0 Å². The zero-order valence-electron chi connectivity index (χ0n) is 26.9. The van der Waals surface area contributed by atoms with Gasteiger partial charge in [0.25, 0.3) is 0 Å². The van der Waals surface area contributed by atoms with Crippen LogP contribution in [-0.4, -0.2) is 19.5 Å². The molecule has 50 heavy (non-hydrogen) atoms. The lowest BCUT2D eigenvalue weighted by atomic mass is 10.0. The molecular formula is C45H28N4O. The van der Waals surface area contributed by atoms with Gasteiger partial charge in [-0.3, -0.25) is 0 Å². The number of rotatable bonds is 5. The third-order valence-corrected chi connectivity index (χ3v) is 9.42. The van der Waals surface area contributed by atoms with Crippen molar-refractivity contribution in [2.24, 2.45) is 0 Å². The molecule has 0 aliphatic carbocycles. The van der Waals surface area contributed by atoms with Gasteiger partial charge in [-0.25, -0.2) is 15.0 Å². The molecule has 0 aliphatic rings. The van der Waals surface area contributed by atoms with Crippen LogP contribution in [0.5, 0.6) is 0 Å². The van der Waals surface area contributed by atoms with E-state index in [9.17, 15) is 0 Å². The van der Waals surface area contributed by atoms with Gasteiger partial charge in [0.2, 0.25) is 5.89 Å². The second-order valence-electron chi connectivity index (χ2n) is 12.5. The Morgan fingerprint density at radius 3 is 1.84 bits per heavy atom. The summed E-state index contributed by atoms with van der Waals surface area (Å²) in [4.78, 5) is 14.9. The number of para-hydroxylation sites is 3. The summed E-state index contributed by atoms with van der Waals surface area (Å²) >= 11 is 0. The van der Waals surface area contributed by atoms with E-state index in [1.54, 1.807) is 0 Å². The quantitative estimate of drug-likeness (QED) is 0.188. The first-order chi connectivity index (χ1) is 24.7. The summed E-state index contributed by atoms with van der Waals surface area (Å²) in [5.74, 6) is 1.32. The normalized spacial score (nSPS) is 11.6. The van der Waals surface area contributed by atoms with Crippen molar-refractivity contribution in [1.29, 1.82) is 0 Å². The van der Waals surface area contributed by atoms with Gasteiger partial charge in [0.1, 0.15) is 5.52 Å². The summed E-state index contributed by atoms with van der Waals surface area (Å²) in [5.41, 5.74) is 10.8. The second kappa shape index (κ2) is 11.4. The number of hydrogen-bond donors (Lipinski definition) is 0. The molecule has 0 amide bonds. The Morgan fingerprint density at radius 2 is 1.06 bits per heavy atom. The summed E-state index contributed by atoms with van der Waals surface area (Å²) in [6, 6.07) is 58.7. The summed E-state index contributed by atoms with van der Waals surface area (Å²) in [5, 5.41) is 4.64. The van der Waals surface area contributed by atoms with Crippen molar-refractivity contribution >= 4 is 43.7 Å². The van der Waals surface area contributed by atoms with Gasteiger partial charge in [-0.1, -0.05) is 115 Å². The van der Waals surface area contributed by atoms with Gasteiger partial charge < -0.3 is 8.98 Å². The van der Waals surface area contributed by atoms with Crippen LogP contribution in [-0.2, 0) is 0 Å². The van der Waals surface area contributed by atoms with Crippen LogP contribution in [0.1, 0.15) is 0 Å². The molecule has 0 aliphatic heterocycles. The number of fused-ring (bicyclic) bond motifs is 5. The zero-order chi connectivity index (χ0) is 33.0. The topological polar surface area (TPSA) is 56.7 Å². The molecule has 0 radical (unpaired) electrons. The maximum atomic E-state index is 6.16. The van der Waals surface area contributed by atoms with Crippen molar-refractivity contribution in [2.75, 3.05) is 0 Å². The van der Waals surface area contributed by atoms with Gasteiger partial charge in [-0.2, -0.15) is 0 Å². The fraction of sp³-hybridized carbons (Fsp3) is 0. The van der Waals surface area contributed by atoms with E-state index >= 15 is 0 Å². The molecule has 0 atom stereocenters. The number of aromatic nitrogens is 4. The van der Waals surface area contributed by atoms with Gasteiger partial charge in [-0.15, -0.1) is 0 Å². The van der Waals surface area contributed by atoms with Crippen molar-refractivity contribution in [1.82, 2.24) is 19.5 Å². The molecular weight excluding hydrogens is 613 g/mol. The van der Waals surface area contributed by atoms with Crippen molar-refractivity contribution in [2.45, 2.75) is 0 Å². The predicted molar refractivity (Wildman–Crippen MR) is 203 cm³/mol. The molecule has 0 saturated carbocycles. The van der Waals surface area contributed by atoms with E-state index in [4.69, 9.17) is 19.4 Å². The molecule has 7 aromatic carbocycles. The minimum atomic E-state index is 0.616. The Balaban J connectivity index is 1.10. The smallest absolute Gasteiger partial charge is 0.227 e. The lowest BCUT2D eigenvalue weighted by molar-refractivity contribution is 0.620. The molecule has 0 fully saturated rings. The maximum Gasteiger partial charge on any atom is 0.227 e. The molecule has 10 rings (SSSR count). The molecule has 234 valence electrons. The first-order valence-corrected chi connectivity index (χ1v) is 16.7. The standard InChI is InChI=1S/C45H28N4O/c1-3-11-29(12-4-1)39-28-40(30-13-5-2-6-14-30)47-44(46-39)33-20-19-32-26-35(23-21-31(32)25-33)49-41-17-9-7-15-36(41)37-24-22-34(27-42(37)49)45-48-38-16-8-10-18-43(38)50-45/h1-28H. The third kappa shape index (κ3) is 4.75. The first kappa shape index (κ1) is 28.2. The van der Waals surface area contributed by atoms with E-state index < -0.39 is 0 Å². The van der Waals surface area contributed by atoms with Crippen LogP contribution in [0.25, 0.3) is 94.7 Å². The molecule has 0 spiro atoms. The van der Waals surface area contributed by atoms with Crippen LogP contribution in [0, 0.1) is 0 Å². The maximum absolute atomic E-state index is 6.16. The summed E-state index contributed by atoms with van der Waals surface area (Å²) in [7, 11) is 0. The second-order valence-corrected chi connectivity index (χ2v) is 12.5. The molecule has 0 saturated heterocycles. The van der Waals surface area contributed by atoms with Gasteiger partial charge in [0, 0.05) is 38.7 Å². The van der Waals surface area contributed by atoms with Gasteiger partial charge in [0.15, 0.2) is 11.4 Å². The Labute approximate surface area is 287 Å². The molecule has 5 nitrogen and oxygen atoms in total. The largest absolute Gasteiger partial charge is 0.436 e. The van der Waals surface area contributed by atoms with Crippen molar-refractivity contribution in [3.63, 3.8) is 0 Å². The highest BCUT2D eigenvalue weighted by molar-refractivity contribution is 6.10. The van der Waals surface area contributed by atoms with E-state index in [1.165, 1.54) is 10.8 Å². The number of nitrogens with zero attached hydrogens (tertiary/aromatic N) is 4. The lowest BCUT2D eigenvalue weighted by Crippen LogP contribution is -1.96. The molecule has 5 heteroatoms. The molecule has 0 unspecified atom stereocenters. The van der Waals surface area contributed by atoms with E-state index in [0.717, 1.165) is 72.2 Å². The van der Waals surface area contributed by atoms with Crippen LogP contribution in [0.3, 0.4) is 0 Å². The summed E-state index contributed by atoms with van der Waals surface area (Å²) in [6.45, 7) is 0. The fourth-order valence-corrected chi connectivity index (χ4v) is 6.98. The van der Waals surface area contributed by atoms with Crippen LogP contribution >= 0.6 is 0 Å². The van der Waals surface area contributed by atoms with Gasteiger partial charge >= 0.3 is 0 Å². The third-order valence-electron chi connectivity index (χ3n) is 9.42. The number of benzene rings is 7. The van der Waals surface area contributed by atoms with Crippen molar-refractivity contribution < 1.29 is 4.42 Å². The Hall–Kier alpha value is -6.85. The Bertz CT molecular complexity index is 2780. The zero-order valence-corrected chi connectivity index (χ0v) is 26.9. The first-order valence-electron chi connectivity index (χ1n) is 16.7. The minimum absolute atomic E-state index is 0.616. The Morgan fingerprint density at radius 1 is 0.420 bits per heavy atom. The molecule has 10 aromatic rings. The summed E-state index contributed by atoms with van der Waals surface area (Å²) in [6.07, 6.45) is 0. The fourth-order valence-electron chi connectivity index (χ4n) is 6.98. The molecule has 3 aromatic heterocycles. The number of oxazole rings is 1. The lowest BCUT2D eigenvalue weighted by Gasteiger charge is -2.12. The Kier molecular flexibility index (Phi) is 6.42. The van der Waals surface area contributed by atoms with Crippen molar-refractivity contribution in [3.8, 4) is 51.0 Å². The van der Waals surface area contributed by atoms with E-state index in [2.05, 4.69) is 114 Å². The SMILES string of the molecule is c1ccc(-c2cc(-c3ccccc3)nc(-c3ccc4cc(-n5c6ccccc6c6ccc(-c7nc8ccccc8o7)cc65)ccc4c3)n2)cc1. The highest BCUT2D eigenvalue weighted by Gasteiger charge is 2.16. The molecule has 3 heterocycles. The molecule has 0 N–H and O–H groups in total. The summed E-state index contributed by atoms with van der Waals surface area (Å²) < 4.78 is 8.50. The highest BCUT2D eigenvalue weighted by Crippen LogP contribution is 2.37. The number of hydrogen-bond acceptors (Lipinski definition) is 4. The van der Waals surface area contributed by atoms with E-state index in [0.29, 0.717) is 11.7 Å². The highest BCUT2D eigenvalue weighted by atomic mass is 16.3. The van der Waals surface area contributed by atoms with Gasteiger partial charge in [-0.05, 0) is 65.4 Å². The van der Waals surface area contributed by atoms with E-state index in [1.807, 2.05) is 60.7 Å². The average Bonchev–Trinajstić information content (AvgIpc) is 3.77. The monoisotopic (exact) mass is 640 g/mol.